The van der Waals surface area contributed by atoms with Crippen molar-refractivity contribution in [1.29, 1.82) is 0 Å². The first kappa shape index (κ1) is 17.2. The first-order valence-corrected chi connectivity index (χ1v) is 8.95. The highest BCUT2D eigenvalue weighted by molar-refractivity contribution is 7.18. The zero-order valence-corrected chi connectivity index (χ0v) is 15.5. The standard InChI is InChI=1S/C19H20N4OS/c1-11(2)14-6-8-15(9-7-14)18-22-23-19(25-18)21-17(24)16-10-5-12(3)20-13(16)4/h5-11H,1-4H3,(H,21,23,24). The van der Waals surface area contributed by atoms with Crippen molar-refractivity contribution in [2.45, 2.75) is 33.6 Å². The molecule has 0 atom stereocenters. The van der Waals surface area contributed by atoms with Crippen molar-refractivity contribution in [2.75, 3.05) is 5.32 Å². The van der Waals surface area contributed by atoms with Crippen molar-refractivity contribution >= 4 is 22.4 Å². The van der Waals surface area contributed by atoms with E-state index in [9.17, 15) is 4.79 Å². The number of carbonyl (C=O) groups excluding carboxylic acids is 1. The fourth-order valence-corrected chi connectivity index (χ4v) is 3.24. The van der Waals surface area contributed by atoms with Crippen molar-refractivity contribution in [3.8, 4) is 10.6 Å². The molecule has 0 aliphatic carbocycles. The molecule has 6 heteroatoms. The van der Waals surface area contributed by atoms with E-state index in [1.54, 1.807) is 6.07 Å². The number of amides is 1. The minimum atomic E-state index is -0.220. The summed E-state index contributed by atoms with van der Waals surface area (Å²) in [6.45, 7) is 8.05. The number of hydrogen-bond donors (Lipinski definition) is 1. The Kier molecular flexibility index (Phi) is 4.90. The van der Waals surface area contributed by atoms with E-state index in [1.807, 2.05) is 32.0 Å². The van der Waals surface area contributed by atoms with Gasteiger partial charge in [0, 0.05) is 11.3 Å². The minimum Gasteiger partial charge on any atom is -0.296 e. The number of benzene rings is 1. The zero-order chi connectivity index (χ0) is 18.0. The monoisotopic (exact) mass is 352 g/mol. The van der Waals surface area contributed by atoms with Gasteiger partial charge in [0.05, 0.1) is 11.3 Å². The largest absolute Gasteiger partial charge is 0.296 e. The van der Waals surface area contributed by atoms with E-state index in [-0.39, 0.29) is 5.91 Å². The molecule has 3 aromatic rings. The van der Waals surface area contributed by atoms with Gasteiger partial charge in [-0.2, -0.15) is 0 Å². The third-order valence-corrected chi connectivity index (χ3v) is 4.83. The molecule has 0 aliphatic heterocycles. The second kappa shape index (κ2) is 7.11. The van der Waals surface area contributed by atoms with Crippen LogP contribution in [-0.4, -0.2) is 21.1 Å². The summed E-state index contributed by atoms with van der Waals surface area (Å²) >= 11 is 1.36. The molecule has 0 saturated heterocycles. The number of pyridine rings is 1. The number of rotatable bonds is 4. The molecular weight excluding hydrogens is 332 g/mol. The predicted molar refractivity (Wildman–Crippen MR) is 101 cm³/mol. The lowest BCUT2D eigenvalue weighted by Crippen LogP contribution is -2.14. The number of aryl methyl sites for hydroxylation is 2. The van der Waals surface area contributed by atoms with Crippen LogP contribution in [-0.2, 0) is 0 Å². The number of aromatic nitrogens is 3. The van der Waals surface area contributed by atoms with Gasteiger partial charge in [0.25, 0.3) is 5.91 Å². The van der Waals surface area contributed by atoms with Gasteiger partial charge in [-0.25, -0.2) is 0 Å². The summed E-state index contributed by atoms with van der Waals surface area (Å²) in [4.78, 5) is 16.7. The number of nitrogens with one attached hydrogen (secondary N) is 1. The van der Waals surface area contributed by atoms with Crippen LogP contribution in [0.25, 0.3) is 10.6 Å². The van der Waals surface area contributed by atoms with E-state index in [4.69, 9.17) is 0 Å². The van der Waals surface area contributed by atoms with Crippen molar-refractivity contribution in [1.82, 2.24) is 15.2 Å². The molecule has 2 heterocycles. The highest BCUT2D eigenvalue weighted by Gasteiger charge is 2.14. The molecule has 0 fully saturated rings. The molecule has 0 unspecified atom stereocenters. The van der Waals surface area contributed by atoms with Crippen LogP contribution in [0.15, 0.2) is 36.4 Å². The SMILES string of the molecule is Cc1ccc(C(=O)Nc2nnc(-c3ccc(C(C)C)cc3)s2)c(C)n1. The van der Waals surface area contributed by atoms with Gasteiger partial charge in [-0.1, -0.05) is 49.4 Å². The van der Waals surface area contributed by atoms with Crippen molar-refractivity contribution in [3.05, 3.63) is 58.9 Å². The van der Waals surface area contributed by atoms with E-state index in [0.29, 0.717) is 22.3 Å². The summed E-state index contributed by atoms with van der Waals surface area (Å²) in [5.41, 5.74) is 4.41. The number of anilines is 1. The third-order valence-electron chi connectivity index (χ3n) is 3.94. The second-order valence-corrected chi connectivity index (χ2v) is 7.21. The van der Waals surface area contributed by atoms with Crippen LogP contribution in [0.4, 0.5) is 5.13 Å². The maximum Gasteiger partial charge on any atom is 0.259 e. The molecule has 3 rings (SSSR count). The fourth-order valence-electron chi connectivity index (χ4n) is 2.49. The third kappa shape index (κ3) is 3.91. The van der Waals surface area contributed by atoms with Crippen LogP contribution in [0.5, 0.6) is 0 Å². The van der Waals surface area contributed by atoms with Crippen LogP contribution in [0.3, 0.4) is 0 Å². The van der Waals surface area contributed by atoms with Gasteiger partial charge in [0.1, 0.15) is 5.01 Å². The molecule has 0 bridgehead atoms. The van der Waals surface area contributed by atoms with Gasteiger partial charge in [-0.15, -0.1) is 10.2 Å². The molecule has 0 spiro atoms. The lowest BCUT2D eigenvalue weighted by atomic mass is 10.0. The lowest BCUT2D eigenvalue weighted by molar-refractivity contribution is 0.102. The van der Waals surface area contributed by atoms with Crippen LogP contribution < -0.4 is 5.32 Å². The highest BCUT2D eigenvalue weighted by Crippen LogP contribution is 2.28. The summed E-state index contributed by atoms with van der Waals surface area (Å²) in [5, 5.41) is 12.3. The van der Waals surface area contributed by atoms with Crippen LogP contribution >= 0.6 is 11.3 Å². The Morgan fingerprint density at radius 3 is 2.40 bits per heavy atom. The van der Waals surface area contributed by atoms with Gasteiger partial charge in [-0.05, 0) is 37.5 Å². The quantitative estimate of drug-likeness (QED) is 0.745. The average molecular weight is 352 g/mol. The normalized spacial score (nSPS) is 10.9. The summed E-state index contributed by atoms with van der Waals surface area (Å²) in [6, 6.07) is 11.9. The van der Waals surface area contributed by atoms with E-state index in [1.165, 1.54) is 16.9 Å². The summed E-state index contributed by atoms with van der Waals surface area (Å²) < 4.78 is 0. The van der Waals surface area contributed by atoms with Gasteiger partial charge in [-0.3, -0.25) is 15.1 Å². The van der Waals surface area contributed by atoms with E-state index in [0.717, 1.165) is 16.3 Å². The van der Waals surface area contributed by atoms with Crippen LogP contribution in [0.1, 0.15) is 47.1 Å². The van der Waals surface area contributed by atoms with Crippen molar-refractivity contribution < 1.29 is 4.79 Å². The van der Waals surface area contributed by atoms with Gasteiger partial charge in [0.2, 0.25) is 5.13 Å². The predicted octanol–water partition coefficient (Wildman–Crippen LogP) is 4.59. The molecular formula is C19H20N4OS. The molecule has 1 aromatic carbocycles. The molecule has 1 amide bonds. The fraction of sp³-hybridized carbons (Fsp3) is 0.263. The highest BCUT2D eigenvalue weighted by atomic mass is 32.1. The molecule has 0 saturated carbocycles. The molecule has 2 aromatic heterocycles. The smallest absolute Gasteiger partial charge is 0.259 e. The zero-order valence-electron chi connectivity index (χ0n) is 14.7. The molecule has 128 valence electrons. The first-order valence-electron chi connectivity index (χ1n) is 8.13. The van der Waals surface area contributed by atoms with Gasteiger partial charge >= 0.3 is 0 Å². The first-order chi connectivity index (χ1) is 11.9. The minimum absolute atomic E-state index is 0.220. The molecule has 0 radical (unpaired) electrons. The average Bonchev–Trinajstić information content (AvgIpc) is 3.03. The Morgan fingerprint density at radius 1 is 1.04 bits per heavy atom. The summed E-state index contributed by atoms with van der Waals surface area (Å²) in [7, 11) is 0. The number of nitrogens with zero attached hydrogens (tertiary/aromatic N) is 3. The van der Waals surface area contributed by atoms with Gasteiger partial charge in [0.15, 0.2) is 0 Å². The van der Waals surface area contributed by atoms with Crippen molar-refractivity contribution in [3.63, 3.8) is 0 Å². The molecule has 5 nitrogen and oxygen atoms in total. The Balaban J connectivity index is 1.76. The maximum absolute atomic E-state index is 12.4. The topological polar surface area (TPSA) is 67.8 Å². The van der Waals surface area contributed by atoms with Crippen molar-refractivity contribution in [2.24, 2.45) is 0 Å². The molecule has 0 aliphatic rings. The Morgan fingerprint density at radius 2 is 1.76 bits per heavy atom. The number of hydrogen-bond acceptors (Lipinski definition) is 5. The Bertz CT molecular complexity index is 900. The van der Waals surface area contributed by atoms with Crippen LogP contribution in [0.2, 0.25) is 0 Å². The lowest BCUT2D eigenvalue weighted by Gasteiger charge is -2.05. The van der Waals surface area contributed by atoms with E-state index in [2.05, 4.69) is 46.5 Å². The summed E-state index contributed by atoms with van der Waals surface area (Å²) in [5.74, 6) is 0.271. The molecule has 1 N–H and O–H groups in total. The van der Waals surface area contributed by atoms with E-state index >= 15 is 0 Å². The molecule has 25 heavy (non-hydrogen) atoms. The Labute approximate surface area is 151 Å². The van der Waals surface area contributed by atoms with E-state index < -0.39 is 0 Å². The summed E-state index contributed by atoms with van der Waals surface area (Å²) in [6.07, 6.45) is 0. The van der Waals surface area contributed by atoms with Gasteiger partial charge < -0.3 is 0 Å². The van der Waals surface area contributed by atoms with Crippen LogP contribution in [0, 0.1) is 13.8 Å². The number of carbonyl (C=O) groups is 1. The Hall–Kier alpha value is -2.60. The second-order valence-electron chi connectivity index (χ2n) is 6.23. The maximum atomic E-state index is 12.4.